The summed E-state index contributed by atoms with van der Waals surface area (Å²) >= 11 is 0. The van der Waals surface area contributed by atoms with Crippen LogP contribution in [0.3, 0.4) is 0 Å². The third kappa shape index (κ3) is 4.02. The summed E-state index contributed by atoms with van der Waals surface area (Å²) in [5, 5.41) is 0. The zero-order chi connectivity index (χ0) is 14.4. The number of rotatable bonds is 6. The highest BCUT2D eigenvalue weighted by molar-refractivity contribution is 5.49. The number of ether oxygens (including phenoxy) is 1. The van der Waals surface area contributed by atoms with Crippen LogP contribution in [0, 0.1) is 5.92 Å². The van der Waals surface area contributed by atoms with Gasteiger partial charge in [-0.15, -0.1) is 0 Å². The van der Waals surface area contributed by atoms with Crippen LogP contribution < -0.4 is 9.64 Å². The van der Waals surface area contributed by atoms with Crippen molar-refractivity contribution in [2.45, 2.75) is 20.4 Å². The molecular formula is C18H23NO. The molecule has 0 heterocycles. The highest BCUT2D eigenvalue weighted by Crippen LogP contribution is 2.22. The predicted molar refractivity (Wildman–Crippen MR) is 85.3 cm³/mol. The molecule has 2 nitrogen and oxygen atoms in total. The fourth-order valence-corrected chi connectivity index (χ4v) is 2.30. The molecule has 0 unspecified atom stereocenters. The second-order valence-electron chi connectivity index (χ2n) is 5.46. The number of methoxy groups -OCH3 is 1. The van der Waals surface area contributed by atoms with Gasteiger partial charge in [0.05, 0.1) is 7.11 Å². The molecule has 0 aliphatic heterocycles. The largest absolute Gasteiger partial charge is 0.497 e. The highest BCUT2D eigenvalue weighted by Gasteiger charge is 2.09. The van der Waals surface area contributed by atoms with E-state index in [1.807, 2.05) is 12.1 Å². The Morgan fingerprint density at radius 3 is 2.15 bits per heavy atom. The van der Waals surface area contributed by atoms with Gasteiger partial charge in [-0.05, 0) is 35.7 Å². The van der Waals surface area contributed by atoms with Crippen molar-refractivity contribution < 1.29 is 4.74 Å². The predicted octanol–water partition coefficient (Wildman–Crippen LogP) is 4.36. The monoisotopic (exact) mass is 269 g/mol. The Bertz CT molecular complexity index is 505. The van der Waals surface area contributed by atoms with Crippen molar-refractivity contribution in [1.82, 2.24) is 0 Å². The van der Waals surface area contributed by atoms with E-state index in [9.17, 15) is 0 Å². The van der Waals surface area contributed by atoms with E-state index in [1.165, 1.54) is 11.3 Å². The molecule has 0 fully saturated rings. The van der Waals surface area contributed by atoms with Crippen molar-refractivity contribution in [3.63, 3.8) is 0 Å². The number of anilines is 1. The molecule has 0 bridgehead atoms. The first-order valence-electron chi connectivity index (χ1n) is 7.12. The maximum atomic E-state index is 5.23. The summed E-state index contributed by atoms with van der Waals surface area (Å²) in [6, 6.07) is 18.9. The molecule has 0 aromatic heterocycles. The first-order valence-corrected chi connectivity index (χ1v) is 7.12. The van der Waals surface area contributed by atoms with E-state index in [4.69, 9.17) is 4.74 Å². The number of benzene rings is 2. The van der Waals surface area contributed by atoms with E-state index < -0.39 is 0 Å². The average Bonchev–Trinajstić information content (AvgIpc) is 2.47. The first-order chi connectivity index (χ1) is 9.69. The summed E-state index contributed by atoms with van der Waals surface area (Å²) in [6.45, 7) is 6.48. The van der Waals surface area contributed by atoms with Crippen LogP contribution >= 0.6 is 0 Å². The SMILES string of the molecule is COc1ccc(N(Cc2ccccc2)CC(C)C)cc1. The van der Waals surface area contributed by atoms with Crippen LogP contribution in [0.15, 0.2) is 54.6 Å². The molecule has 20 heavy (non-hydrogen) atoms. The van der Waals surface area contributed by atoms with Crippen LogP contribution in [0.4, 0.5) is 5.69 Å². The lowest BCUT2D eigenvalue weighted by molar-refractivity contribution is 0.415. The van der Waals surface area contributed by atoms with Crippen LogP contribution in [0.25, 0.3) is 0 Å². The smallest absolute Gasteiger partial charge is 0.119 e. The van der Waals surface area contributed by atoms with E-state index in [0.717, 1.165) is 18.8 Å². The van der Waals surface area contributed by atoms with Crippen LogP contribution in [0.5, 0.6) is 5.75 Å². The first kappa shape index (κ1) is 14.4. The summed E-state index contributed by atoms with van der Waals surface area (Å²) in [7, 11) is 1.70. The summed E-state index contributed by atoms with van der Waals surface area (Å²) in [4.78, 5) is 2.42. The van der Waals surface area contributed by atoms with Gasteiger partial charge in [0.1, 0.15) is 5.75 Å². The number of hydrogen-bond acceptors (Lipinski definition) is 2. The molecule has 0 radical (unpaired) electrons. The van der Waals surface area contributed by atoms with E-state index in [-0.39, 0.29) is 0 Å². The van der Waals surface area contributed by atoms with Crippen molar-refractivity contribution in [3.8, 4) is 5.75 Å². The molecule has 0 atom stereocenters. The standard InChI is InChI=1S/C18H23NO/c1-15(2)13-19(14-16-7-5-4-6-8-16)17-9-11-18(20-3)12-10-17/h4-12,15H,13-14H2,1-3H3. The molecule has 2 rings (SSSR count). The Morgan fingerprint density at radius 1 is 0.950 bits per heavy atom. The van der Waals surface area contributed by atoms with Gasteiger partial charge in [0.25, 0.3) is 0 Å². The van der Waals surface area contributed by atoms with E-state index in [0.29, 0.717) is 5.92 Å². The van der Waals surface area contributed by atoms with Crippen molar-refractivity contribution in [3.05, 3.63) is 60.2 Å². The average molecular weight is 269 g/mol. The normalized spacial score (nSPS) is 10.6. The number of nitrogens with zero attached hydrogens (tertiary/aromatic N) is 1. The second kappa shape index (κ2) is 6.99. The molecule has 2 heteroatoms. The Balaban J connectivity index is 2.17. The Kier molecular flexibility index (Phi) is 5.05. The van der Waals surface area contributed by atoms with Gasteiger partial charge in [-0.2, -0.15) is 0 Å². The fourth-order valence-electron chi connectivity index (χ4n) is 2.30. The molecule has 0 N–H and O–H groups in total. The van der Waals surface area contributed by atoms with Crippen molar-refractivity contribution in [2.24, 2.45) is 5.92 Å². The molecule has 2 aromatic rings. The summed E-state index contributed by atoms with van der Waals surface area (Å²) in [5.41, 5.74) is 2.58. The van der Waals surface area contributed by atoms with E-state index in [2.05, 4.69) is 61.2 Å². The summed E-state index contributed by atoms with van der Waals surface area (Å²) < 4.78 is 5.23. The van der Waals surface area contributed by atoms with Crippen LogP contribution in [-0.4, -0.2) is 13.7 Å². The van der Waals surface area contributed by atoms with E-state index >= 15 is 0 Å². The van der Waals surface area contributed by atoms with E-state index in [1.54, 1.807) is 7.11 Å². The number of hydrogen-bond donors (Lipinski definition) is 0. The third-order valence-electron chi connectivity index (χ3n) is 3.24. The molecular weight excluding hydrogens is 246 g/mol. The van der Waals surface area contributed by atoms with Crippen molar-refractivity contribution >= 4 is 5.69 Å². The lowest BCUT2D eigenvalue weighted by Crippen LogP contribution is -2.27. The minimum atomic E-state index is 0.626. The molecule has 0 aliphatic rings. The lowest BCUT2D eigenvalue weighted by Gasteiger charge is -2.27. The Morgan fingerprint density at radius 2 is 1.60 bits per heavy atom. The molecule has 0 aliphatic carbocycles. The minimum absolute atomic E-state index is 0.626. The zero-order valence-electron chi connectivity index (χ0n) is 12.5. The molecule has 0 amide bonds. The van der Waals surface area contributed by atoms with Gasteiger partial charge in [0.2, 0.25) is 0 Å². The maximum absolute atomic E-state index is 5.23. The third-order valence-corrected chi connectivity index (χ3v) is 3.24. The summed E-state index contributed by atoms with van der Waals surface area (Å²) in [6.07, 6.45) is 0. The molecule has 0 spiro atoms. The van der Waals surface area contributed by atoms with Gasteiger partial charge < -0.3 is 9.64 Å². The molecule has 0 saturated carbocycles. The van der Waals surface area contributed by atoms with Gasteiger partial charge in [0, 0.05) is 18.8 Å². The van der Waals surface area contributed by atoms with Gasteiger partial charge in [-0.3, -0.25) is 0 Å². The van der Waals surface area contributed by atoms with Gasteiger partial charge in [0.15, 0.2) is 0 Å². The van der Waals surface area contributed by atoms with Crippen molar-refractivity contribution in [2.75, 3.05) is 18.6 Å². The molecule has 0 saturated heterocycles. The molecule has 106 valence electrons. The maximum Gasteiger partial charge on any atom is 0.119 e. The Hall–Kier alpha value is -1.96. The molecule has 2 aromatic carbocycles. The zero-order valence-corrected chi connectivity index (χ0v) is 12.5. The minimum Gasteiger partial charge on any atom is -0.497 e. The van der Waals surface area contributed by atoms with Gasteiger partial charge in [-0.1, -0.05) is 44.2 Å². The van der Waals surface area contributed by atoms with Crippen LogP contribution in [0.2, 0.25) is 0 Å². The van der Waals surface area contributed by atoms with Gasteiger partial charge in [-0.25, -0.2) is 0 Å². The second-order valence-corrected chi connectivity index (χ2v) is 5.46. The topological polar surface area (TPSA) is 12.5 Å². The lowest BCUT2D eigenvalue weighted by atomic mass is 10.1. The van der Waals surface area contributed by atoms with Crippen LogP contribution in [0.1, 0.15) is 19.4 Å². The fraction of sp³-hybridized carbons (Fsp3) is 0.333. The van der Waals surface area contributed by atoms with Crippen molar-refractivity contribution in [1.29, 1.82) is 0 Å². The quantitative estimate of drug-likeness (QED) is 0.772. The highest BCUT2D eigenvalue weighted by atomic mass is 16.5. The summed E-state index contributed by atoms with van der Waals surface area (Å²) in [5.74, 6) is 1.53. The van der Waals surface area contributed by atoms with Gasteiger partial charge >= 0.3 is 0 Å². The van der Waals surface area contributed by atoms with Crippen LogP contribution in [-0.2, 0) is 6.54 Å². The Labute approximate surface area is 122 Å².